The lowest BCUT2D eigenvalue weighted by molar-refractivity contribution is 0.191. The molecule has 3 aliphatic rings. The van der Waals surface area contributed by atoms with Crippen molar-refractivity contribution < 1.29 is 0 Å². The zero-order valence-electron chi connectivity index (χ0n) is 15.4. The first-order chi connectivity index (χ1) is 11.5. The lowest BCUT2D eigenvalue weighted by Crippen LogP contribution is -2.44. The summed E-state index contributed by atoms with van der Waals surface area (Å²) in [5, 5.41) is 0. The Morgan fingerprint density at radius 1 is 1.00 bits per heavy atom. The molecule has 3 heterocycles. The van der Waals surface area contributed by atoms with Gasteiger partial charge in [0.2, 0.25) is 0 Å². The van der Waals surface area contributed by atoms with Crippen molar-refractivity contribution in [3.8, 4) is 0 Å². The van der Waals surface area contributed by atoms with Crippen LogP contribution in [0.1, 0.15) is 59.9 Å². The fourth-order valence-corrected chi connectivity index (χ4v) is 4.92. The molecule has 0 saturated carbocycles. The van der Waals surface area contributed by atoms with Crippen LogP contribution in [0.15, 0.2) is 30.3 Å². The van der Waals surface area contributed by atoms with Crippen molar-refractivity contribution in [2.75, 3.05) is 11.9 Å². The zero-order chi connectivity index (χ0) is 17.0. The van der Waals surface area contributed by atoms with E-state index in [4.69, 9.17) is 4.98 Å². The number of aryl methyl sites for hydroxylation is 3. The van der Waals surface area contributed by atoms with E-state index in [1.165, 1.54) is 35.2 Å². The predicted molar refractivity (Wildman–Crippen MR) is 99.3 cm³/mol. The highest BCUT2D eigenvalue weighted by atomic mass is 15.4. The third-order valence-electron chi connectivity index (χ3n) is 5.99. The maximum atomic E-state index is 4.78. The van der Waals surface area contributed by atoms with Crippen molar-refractivity contribution in [1.82, 2.24) is 9.88 Å². The molecular formula is C21H27N3. The largest absolute Gasteiger partial charge is 0.347 e. The Bertz CT molecular complexity index is 759. The van der Waals surface area contributed by atoms with E-state index < -0.39 is 0 Å². The summed E-state index contributed by atoms with van der Waals surface area (Å²) in [5.41, 5.74) is 7.93. The van der Waals surface area contributed by atoms with Crippen molar-refractivity contribution in [3.63, 3.8) is 0 Å². The van der Waals surface area contributed by atoms with E-state index in [0.29, 0.717) is 18.2 Å². The number of nitrogens with zero attached hydrogens (tertiary/aromatic N) is 3. The van der Waals surface area contributed by atoms with E-state index in [9.17, 15) is 0 Å². The molecule has 1 aliphatic carbocycles. The van der Waals surface area contributed by atoms with Crippen molar-refractivity contribution in [2.24, 2.45) is 0 Å². The quantitative estimate of drug-likeness (QED) is 0.760. The van der Waals surface area contributed by atoms with Crippen molar-refractivity contribution in [2.45, 2.75) is 58.8 Å². The maximum Gasteiger partial charge on any atom is 0.0801 e. The minimum Gasteiger partial charge on any atom is -0.347 e. The molecule has 1 aromatic carbocycles. The van der Waals surface area contributed by atoms with Crippen molar-refractivity contribution in [1.29, 1.82) is 0 Å². The summed E-state index contributed by atoms with van der Waals surface area (Å²) in [7, 11) is 2.28. The minimum atomic E-state index is 0.358. The molecular weight excluding hydrogens is 294 g/mol. The van der Waals surface area contributed by atoms with Crippen LogP contribution in [0.2, 0.25) is 0 Å². The minimum absolute atomic E-state index is 0.358. The van der Waals surface area contributed by atoms with Gasteiger partial charge in [-0.25, -0.2) is 0 Å². The average molecular weight is 321 g/mol. The van der Waals surface area contributed by atoms with Gasteiger partial charge in [0, 0.05) is 11.7 Å². The smallest absolute Gasteiger partial charge is 0.0801 e. The second-order valence-corrected chi connectivity index (χ2v) is 7.46. The van der Waals surface area contributed by atoms with Crippen LogP contribution in [0, 0.1) is 20.8 Å². The van der Waals surface area contributed by atoms with Crippen LogP contribution in [0.5, 0.6) is 0 Å². The van der Waals surface area contributed by atoms with Crippen LogP contribution in [-0.4, -0.2) is 23.1 Å². The molecule has 24 heavy (non-hydrogen) atoms. The van der Waals surface area contributed by atoms with Crippen LogP contribution < -0.4 is 4.90 Å². The zero-order valence-corrected chi connectivity index (χ0v) is 15.4. The van der Waals surface area contributed by atoms with Gasteiger partial charge in [-0.05, 0) is 70.3 Å². The number of hydrogen-bond acceptors (Lipinski definition) is 3. The summed E-state index contributed by atoms with van der Waals surface area (Å²) in [4.78, 5) is 9.95. The van der Waals surface area contributed by atoms with Gasteiger partial charge in [0.1, 0.15) is 0 Å². The van der Waals surface area contributed by atoms with Crippen molar-refractivity contribution in [3.05, 3.63) is 58.4 Å². The third-order valence-corrected chi connectivity index (χ3v) is 5.99. The van der Waals surface area contributed by atoms with Gasteiger partial charge < -0.3 is 4.90 Å². The molecule has 1 aromatic heterocycles. The van der Waals surface area contributed by atoms with Crippen LogP contribution in [0.25, 0.3) is 0 Å². The average Bonchev–Trinajstić information content (AvgIpc) is 2.71. The van der Waals surface area contributed by atoms with Gasteiger partial charge in [-0.3, -0.25) is 9.88 Å². The third kappa shape index (κ3) is 2.18. The molecule has 2 aromatic rings. The standard InChI is InChI=1S/C21H27N3/c1-13-12-14(2)22-15(3)21(13)24-16(4)23(5)19-10-11-20(24)18-9-7-6-8-17(18)19/h6-9,12,16,19-20H,10-11H2,1-5H3/t16-,19?,20?/m0/s1. The Kier molecular flexibility index (Phi) is 3.65. The summed E-state index contributed by atoms with van der Waals surface area (Å²) in [6, 6.07) is 12.2. The number of benzene rings is 1. The van der Waals surface area contributed by atoms with Gasteiger partial charge in [-0.2, -0.15) is 0 Å². The van der Waals surface area contributed by atoms with Gasteiger partial charge in [0.05, 0.1) is 23.6 Å². The Labute approximate surface area is 145 Å². The summed E-state index contributed by atoms with van der Waals surface area (Å²) in [5.74, 6) is 0. The van der Waals surface area contributed by atoms with Crippen LogP contribution in [0.3, 0.4) is 0 Å². The first-order valence-electron chi connectivity index (χ1n) is 9.03. The lowest BCUT2D eigenvalue weighted by Gasteiger charge is -2.40. The van der Waals surface area contributed by atoms with E-state index in [-0.39, 0.29) is 0 Å². The van der Waals surface area contributed by atoms with E-state index in [2.05, 4.69) is 74.9 Å². The van der Waals surface area contributed by atoms with Crippen LogP contribution in [-0.2, 0) is 0 Å². The molecule has 0 radical (unpaired) electrons. The molecule has 3 nitrogen and oxygen atoms in total. The first kappa shape index (κ1) is 15.6. The number of hydrogen-bond donors (Lipinski definition) is 0. The molecule has 5 rings (SSSR count). The summed E-state index contributed by atoms with van der Waals surface area (Å²) >= 11 is 0. The van der Waals surface area contributed by atoms with Gasteiger partial charge in [0.15, 0.2) is 0 Å². The molecule has 1 saturated heterocycles. The molecule has 0 N–H and O–H groups in total. The number of fused-ring (bicyclic) bond motifs is 3. The highest BCUT2D eigenvalue weighted by Gasteiger charge is 2.42. The summed E-state index contributed by atoms with van der Waals surface area (Å²) < 4.78 is 0. The van der Waals surface area contributed by atoms with Crippen LogP contribution >= 0.6 is 0 Å². The Balaban J connectivity index is 1.93. The Morgan fingerprint density at radius 3 is 2.29 bits per heavy atom. The van der Waals surface area contributed by atoms with E-state index >= 15 is 0 Å². The fourth-order valence-electron chi connectivity index (χ4n) is 4.92. The molecule has 2 unspecified atom stereocenters. The molecule has 0 spiro atoms. The fraction of sp³-hybridized carbons (Fsp3) is 0.476. The van der Waals surface area contributed by atoms with E-state index in [0.717, 1.165) is 11.4 Å². The molecule has 3 atom stereocenters. The van der Waals surface area contributed by atoms with Crippen LogP contribution in [0.4, 0.5) is 5.69 Å². The van der Waals surface area contributed by atoms with Crippen molar-refractivity contribution >= 4 is 5.69 Å². The predicted octanol–water partition coefficient (Wildman–Crippen LogP) is 4.68. The monoisotopic (exact) mass is 321 g/mol. The second kappa shape index (κ2) is 5.59. The van der Waals surface area contributed by atoms with Gasteiger partial charge in [-0.15, -0.1) is 0 Å². The normalized spacial score (nSPS) is 26.4. The van der Waals surface area contributed by atoms with Gasteiger partial charge in [0.25, 0.3) is 0 Å². The molecule has 2 aliphatic heterocycles. The first-order valence-corrected chi connectivity index (χ1v) is 9.03. The number of anilines is 1. The second-order valence-electron chi connectivity index (χ2n) is 7.46. The van der Waals surface area contributed by atoms with E-state index in [1.807, 2.05) is 0 Å². The maximum absolute atomic E-state index is 4.78. The SMILES string of the molecule is Cc1cc(C)c(N2C3CCC(c4ccccc43)N(C)[C@@H]2C)c(C)n1. The van der Waals surface area contributed by atoms with E-state index in [1.54, 1.807) is 0 Å². The summed E-state index contributed by atoms with van der Waals surface area (Å²) in [6.45, 7) is 8.82. The lowest BCUT2D eigenvalue weighted by atomic mass is 9.84. The molecule has 2 bridgehead atoms. The molecule has 3 heteroatoms. The Morgan fingerprint density at radius 2 is 1.62 bits per heavy atom. The topological polar surface area (TPSA) is 19.4 Å². The van der Waals surface area contributed by atoms with Gasteiger partial charge >= 0.3 is 0 Å². The number of rotatable bonds is 1. The van der Waals surface area contributed by atoms with Gasteiger partial charge in [-0.1, -0.05) is 24.3 Å². The summed E-state index contributed by atoms with van der Waals surface area (Å²) in [6.07, 6.45) is 2.80. The number of aromatic nitrogens is 1. The highest BCUT2D eigenvalue weighted by Crippen LogP contribution is 2.49. The molecule has 126 valence electrons. The molecule has 1 fully saturated rings. The highest BCUT2D eigenvalue weighted by molar-refractivity contribution is 5.60. The number of pyridine rings is 1. The molecule has 0 amide bonds. The Hall–Kier alpha value is -1.87.